The highest BCUT2D eigenvalue weighted by Crippen LogP contribution is 2.51. The van der Waals surface area contributed by atoms with Gasteiger partial charge in [-0.3, -0.25) is 8.97 Å². The van der Waals surface area contributed by atoms with Crippen molar-refractivity contribution in [1.29, 1.82) is 0 Å². The minimum Gasteiger partial charge on any atom is -0.292 e. The van der Waals surface area contributed by atoms with Crippen LogP contribution in [0.25, 0.3) is 66.2 Å². The van der Waals surface area contributed by atoms with Crippen LogP contribution in [0, 0.1) is 0 Å². The number of hydrogen-bond donors (Lipinski definition) is 0. The van der Waals surface area contributed by atoms with Crippen molar-refractivity contribution >= 4 is 49.4 Å². The van der Waals surface area contributed by atoms with Crippen LogP contribution in [0.4, 0.5) is 0 Å². The zero-order chi connectivity index (χ0) is 25.9. The van der Waals surface area contributed by atoms with Crippen LogP contribution in [0.15, 0.2) is 115 Å². The predicted molar refractivity (Wildman–Crippen MR) is 162 cm³/mol. The van der Waals surface area contributed by atoms with Crippen molar-refractivity contribution < 1.29 is 0 Å². The Morgan fingerprint density at radius 3 is 2.03 bits per heavy atom. The lowest BCUT2D eigenvalue weighted by atomic mass is 9.82. The summed E-state index contributed by atoms with van der Waals surface area (Å²) in [4.78, 5) is 5.45. The summed E-state index contributed by atoms with van der Waals surface area (Å²) in [6.45, 7) is 4.68. The first kappa shape index (κ1) is 21.1. The molecule has 0 radical (unpaired) electrons. The van der Waals surface area contributed by atoms with Gasteiger partial charge in [-0.15, -0.1) is 0 Å². The van der Waals surface area contributed by atoms with Crippen molar-refractivity contribution in [1.82, 2.24) is 14.0 Å². The van der Waals surface area contributed by atoms with E-state index in [-0.39, 0.29) is 5.41 Å². The Morgan fingerprint density at radius 1 is 0.538 bits per heavy atom. The molecule has 0 saturated heterocycles. The molecule has 3 nitrogen and oxygen atoms in total. The Hall–Kier alpha value is -4.89. The highest BCUT2D eigenvalue weighted by atomic mass is 15.1. The van der Waals surface area contributed by atoms with Gasteiger partial charge in [0.25, 0.3) is 0 Å². The summed E-state index contributed by atoms with van der Waals surface area (Å²) in [6, 6.07) is 41.8. The predicted octanol–water partition coefficient (Wildman–Crippen LogP) is 9.04. The van der Waals surface area contributed by atoms with Crippen molar-refractivity contribution in [3.63, 3.8) is 0 Å². The zero-order valence-electron chi connectivity index (χ0n) is 21.8. The maximum absolute atomic E-state index is 5.45. The molecule has 5 aromatic carbocycles. The fourth-order valence-electron chi connectivity index (χ4n) is 7.18. The first-order valence-electron chi connectivity index (χ1n) is 13.6. The molecule has 9 rings (SSSR count). The lowest BCUT2D eigenvalue weighted by Gasteiger charge is -2.21. The van der Waals surface area contributed by atoms with E-state index in [1.807, 2.05) is 0 Å². The second kappa shape index (κ2) is 7.15. The van der Waals surface area contributed by atoms with Gasteiger partial charge in [-0.1, -0.05) is 111 Å². The molecule has 0 saturated carbocycles. The van der Waals surface area contributed by atoms with E-state index in [1.54, 1.807) is 0 Å². The van der Waals surface area contributed by atoms with Gasteiger partial charge in [0.15, 0.2) is 5.65 Å². The minimum absolute atomic E-state index is 0.0602. The van der Waals surface area contributed by atoms with Gasteiger partial charge in [-0.2, -0.15) is 0 Å². The van der Waals surface area contributed by atoms with Crippen molar-refractivity contribution in [2.24, 2.45) is 0 Å². The Labute approximate surface area is 225 Å². The molecule has 0 amide bonds. The van der Waals surface area contributed by atoms with Gasteiger partial charge in [0.05, 0.1) is 16.7 Å². The van der Waals surface area contributed by atoms with Gasteiger partial charge in [0, 0.05) is 27.1 Å². The van der Waals surface area contributed by atoms with Crippen LogP contribution in [0.1, 0.15) is 25.0 Å². The topological polar surface area (TPSA) is 22.2 Å². The number of fused-ring (bicyclic) bond motifs is 13. The van der Waals surface area contributed by atoms with Crippen molar-refractivity contribution in [3.05, 3.63) is 126 Å². The SMILES string of the molecule is CC1(C)c2ccccc2-c2c(-n3c4ccccc4c4c3nc3c5ccccc5c5ccccc5n34)cccc21. The Morgan fingerprint density at radius 2 is 1.18 bits per heavy atom. The first-order chi connectivity index (χ1) is 19.1. The molecule has 0 spiro atoms. The third-order valence-corrected chi connectivity index (χ3v) is 8.90. The molecular weight excluding hydrogens is 474 g/mol. The Balaban J connectivity index is 1.52. The first-order valence-corrected chi connectivity index (χ1v) is 13.6. The maximum atomic E-state index is 5.45. The molecule has 0 fully saturated rings. The van der Waals surface area contributed by atoms with E-state index in [2.05, 4.69) is 138 Å². The third kappa shape index (κ3) is 2.50. The van der Waals surface area contributed by atoms with Crippen LogP contribution in [0.3, 0.4) is 0 Å². The highest BCUT2D eigenvalue weighted by molar-refractivity contribution is 6.17. The molecule has 3 aromatic heterocycles. The average molecular weight is 500 g/mol. The van der Waals surface area contributed by atoms with Gasteiger partial charge in [-0.05, 0) is 40.3 Å². The second-order valence-corrected chi connectivity index (χ2v) is 11.2. The quantitative estimate of drug-likeness (QED) is 0.207. The molecule has 0 N–H and O–H groups in total. The molecule has 0 unspecified atom stereocenters. The molecule has 0 aliphatic heterocycles. The van der Waals surface area contributed by atoms with Crippen LogP contribution in [-0.4, -0.2) is 14.0 Å². The van der Waals surface area contributed by atoms with E-state index in [4.69, 9.17) is 4.98 Å². The molecule has 3 heteroatoms. The third-order valence-electron chi connectivity index (χ3n) is 8.90. The summed E-state index contributed by atoms with van der Waals surface area (Å²) in [5.41, 5.74) is 12.0. The maximum Gasteiger partial charge on any atom is 0.165 e. The number of benzene rings is 5. The number of imidazole rings is 1. The van der Waals surface area contributed by atoms with E-state index < -0.39 is 0 Å². The molecule has 0 atom stereocenters. The molecule has 1 aliphatic rings. The summed E-state index contributed by atoms with van der Waals surface area (Å²) in [7, 11) is 0. The normalized spacial score (nSPS) is 14.1. The minimum atomic E-state index is -0.0602. The summed E-state index contributed by atoms with van der Waals surface area (Å²) in [6.07, 6.45) is 0. The average Bonchev–Trinajstić information content (AvgIpc) is 3.59. The fourth-order valence-corrected chi connectivity index (χ4v) is 7.18. The standard InChI is InChI=1S/C36H25N3/c1-36(2)27-17-8-5-15-25(27)32-28(36)18-11-21-31(32)38-30-20-10-7-16-26(30)33-35(38)37-34-24-14-4-3-12-22(24)23-13-6-9-19-29(23)39(33)34/h3-21H,1-2H3. The van der Waals surface area contributed by atoms with Gasteiger partial charge in [0.1, 0.15) is 11.2 Å². The second-order valence-electron chi connectivity index (χ2n) is 11.2. The van der Waals surface area contributed by atoms with Crippen LogP contribution in [-0.2, 0) is 5.41 Å². The smallest absolute Gasteiger partial charge is 0.165 e. The van der Waals surface area contributed by atoms with Crippen LogP contribution in [0.2, 0.25) is 0 Å². The van der Waals surface area contributed by atoms with Crippen LogP contribution >= 0.6 is 0 Å². The summed E-state index contributed by atoms with van der Waals surface area (Å²) in [5.74, 6) is 0. The van der Waals surface area contributed by atoms with Gasteiger partial charge in [0.2, 0.25) is 0 Å². The van der Waals surface area contributed by atoms with Crippen molar-refractivity contribution in [2.45, 2.75) is 19.3 Å². The molecule has 8 aromatic rings. The van der Waals surface area contributed by atoms with Gasteiger partial charge in [-0.25, -0.2) is 4.98 Å². The van der Waals surface area contributed by atoms with Crippen LogP contribution in [0.5, 0.6) is 0 Å². The van der Waals surface area contributed by atoms with Crippen molar-refractivity contribution in [3.8, 4) is 16.8 Å². The molecule has 3 heterocycles. The monoisotopic (exact) mass is 499 g/mol. The number of hydrogen-bond acceptors (Lipinski definition) is 1. The summed E-state index contributed by atoms with van der Waals surface area (Å²) < 4.78 is 4.78. The lowest BCUT2D eigenvalue weighted by Crippen LogP contribution is -2.15. The van der Waals surface area contributed by atoms with Gasteiger partial charge >= 0.3 is 0 Å². The number of aromatic nitrogens is 3. The summed E-state index contributed by atoms with van der Waals surface area (Å²) >= 11 is 0. The molecule has 0 bridgehead atoms. The zero-order valence-corrected chi connectivity index (χ0v) is 21.8. The number of nitrogens with zero attached hydrogens (tertiary/aromatic N) is 3. The summed E-state index contributed by atoms with van der Waals surface area (Å²) in [5, 5.41) is 4.87. The van der Waals surface area contributed by atoms with E-state index >= 15 is 0 Å². The molecule has 39 heavy (non-hydrogen) atoms. The molecular formula is C36H25N3. The van der Waals surface area contributed by atoms with Crippen molar-refractivity contribution in [2.75, 3.05) is 0 Å². The van der Waals surface area contributed by atoms with E-state index in [0.717, 1.165) is 16.8 Å². The van der Waals surface area contributed by atoms with Gasteiger partial charge < -0.3 is 0 Å². The highest BCUT2D eigenvalue weighted by Gasteiger charge is 2.37. The number of pyridine rings is 1. The Bertz CT molecular complexity index is 2310. The number of para-hydroxylation sites is 2. The molecule has 1 aliphatic carbocycles. The molecule has 184 valence electrons. The fraction of sp³-hybridized carbons (Fsp3) is 0.0833. The van der Waals surface area contributed by atoms with E-state index in [9.17, 15) is 0 Å². The number of rotatable bonds is 1. The van der Waals surface area contributed by atoms with E-state index in [1.165, 1.54) is 60.5 Å². The Kier molecular flexibility index (Phi) is 3.86. The lowest BCUT2D eigenvalue weighted by molar-refractivity contribution is 0.660. The van der Waals surface area contributed by atoms with Crippen LogP contribution < -0.4 is 0 Å². The van der Waals surface area contributed by atoms with E-state index in [0.29, 0.717) is 0 Å². The largest absolute Gasteiger partial charge is 0.292 e.